The molecule has 0 fully saturated rings. The Kier molecular flexibility index (Phi) is 9.17. The van der Waals surface area contributed by atoms with Gasteiger partial charge in [0.1, 0.15) is 33.5 Å². The zero-order valence-electron chi connectivity index (χ0n) is 37.8. The average Bonchev–Trinajstić information content (AvgIpc) is 4.13. The number of furan rings is 3. The Bertz CT molecular complexity index is 4050. The van der Waals surface area contributed by atoms with Crippen molar-refractivity contribution in [2.75, 3.05) is 4.90 Å². The zero-order chi connectivity index (χ0) is 46.1. The van der Waals surface area contributed by atoms with Gasteiger partial charge in [-0.3, -0.25) is 0 Å². The zero-order valence-corrected chi connectivity index (χ0v) is 37.8. The summed E-state index contributed by atoms with van der Waals surface area (Å²) in [5, 5.41) is 6.79. The number of hydrogen-bond donors (Lipinski definition) is 0. The predicted octanol–water partition coefficient (Wildman–Crippen LogP) is 19.2. The lowest BCUT2D eigenvalue weighted by Crippen LogP contribution is -2.09. The van der Waals surface area contributed by atoms with Gasteiger partial charge in [-0.15, -0.1) is 0 Å². The fourth-order valence-corrected chi connectivity index (χ4v) is 10.3. The van der Waals surface area contributed by atoms with Crippen LogP contribution in [0.1, 0.15) is 0 Å². The summed E-state index contributed by atoms with van der Waals surface area (Å²) >= 11 is 0. The molecule has 14 aromatic rings. The van der Waals surface area contributed by atoms with Gasteiger partial charge in [0.15, 0.2) is 0 Å². The quantitative estimate of drug-likeness (QED) is 0.152. The molecule has 0 bridgehead atoms. The largest absolute Gasteiger partial charge is 0.456 e. The van der Waals surface area contributed by atoms with Crippen LogP contribution in [-0.2, 0) is 0 Å². The summed E-state index contributed by atoms with van der Waals surface area (Å²) in [6, 6.07) is 88.3. The number of rotatable bonds is 8. The van der Waals surface area contributed by atoms with Crippen molar-refractivity contribution in [1.29, 1.82) is 0 Å². The number of fused-ring (bicyclic) bond motifs is 9. The van der Waals surface area contributed by atoms with Crippen LogP contribution in [0.15, 0.2) is 262 Å². The second-order valence-electron chi connectivity index (χ2n) is 18.0. The van der Waals surface area contributed by atoms with E-state index in [0.717, 1.165) is 127 Å². The molecule has 0 unspecified atom stereocenters. The van der Waals surface area contributed by atoms with Crippen molar-refractivity contribution in [1.82, 2.24) is 0 Å². The van der Waals surface area contributed by atoms with Gasteiger partial charge in [-0.25, -0.2) is 0 Å². The molecule has 4 heteroatoms. The van der Waals surface area contributed by atoms with Crippen molar-refractivity contribution in [3.05, 3.63) is 249 Å². The van der Waals surface area contributed by atoms with Gasteiger partial charge in [-0.2, -0.15) is 0 Å². The lowest BCUT2D eigenvalue weighted by molar-refractivity contribution is 0.668. The smallest absolute Gasteiger partial charge is 0.143 e. The van der Waals surface area contributed by atoms with Crippen molar-refractivity contribution in [2.45, 2.75) is 0 Å². The molecule has 0 N–H and O–H groups in total. The molecule has 70 heavy (non-hydrogen) atoms. The maximum absolute atomic E-state index is 6.44. The predicted molar refractivity (Wildman–Crippen MR) is 290 cm³/mol. The third kappa shape index (κ3) is 6.76. The van der Waals surface area contributed by atoms with Gasteiger partial charge in [0, 0.05) is 54.9 Å². The molecule has 3 aromatic heterocycles. The van der Waals surface area contributed by atoms with Crippen LogP contribution in [0.4, 0.5) is 17.1 Å². The van der Waals surface area contributed by atoms with E-state index in [-0.39, 0.29) is 0 Å². The van der Waals surface area contributed by atoms with Crippen LogP contribution in [0.25, 0.3) is 121 Å². The molecule has 0 saturated heterocycles. The monoisotopic (exact) mass is 895 g/mol. The summed E-state index contributed by atoms with van der Waals surface area (Å²) in [4.78, 5) is 2.33. The molecule has 0 atom stereocenters. The number of anilines is 3. The number of nitrogens with zero attached hydrogens (tertiary/aromatic N) is 1. The Hall–Kier alpha value is -9.38. The summed E-state index contributed by atoms with van der Waals surface area (Å²) in [7, 11) is 0. The maximum atomic E-state index is 6.44. The lowest BCUT2D eigenvalue weighted by Gasteiger charge is -2.26. The molecular formula is C66H41NO3. The van der Waals surface area contributed by atoms with Crippen molar-refractivity contribution in [3.8, 4) is 55.6 Å². The van der Waals surface area contributed by atoms with E-state index in [9.17, 15) is 0 Å². The van der Waals surface area contributed by atoms with E-state index in [1.165, 1.54) is 11.1 Å². The molecule has 4 nitrogen and oxygen atoms in total. The summed E-state index contributed by atoms with van der Waals surface area (Å²) in [5.41, 5.74) is 20.1. The highest BCUT2D eigenvalue weighted by molar-refractivity contribution is 6.10. The fraction of sp³-hybridized carbons (Fsp3) is 0. The van der Waals surface area contributed by atoms with Gasteiger partial charge in [-0.1, -0.05) is 170 Å². The van der Waals surface area contributed by atoms with Crippen LogP contribution in [0, 0.1) is 0 Å². The topological polar surface area (TPSA) is 42.7 Å². The fourth-order valence-electron chi connectivity index (χ4n) is 10.3. The van der Waals surface area contributed by atoms with Gasteiger partial charge in [0.05, 0.1) is 0 Å². The van der Waals surface area contributed by atoms with Crippen molar-refractivity contribution in [3.63, 3.8) is 0 Å². The normalized spacial score (nSPS) is 11.7. The SMILES string of the molecule is c1ccc2c(c1)oc1ccc(-c3ccc(-c4ccc(N(c5ccc(-c6ccc(-c7ccc8oc9ccccc9c8c7)cc6)cc5)c5ccc(-c6cccc7c6oc6ccccc67)cc5)cc4)cc3)cc12. The van der Waals surface area contributed by atoms with E-state index >= 15 is 0 Å². The molecule has 3 heterocycles. The third-order valence-corrected chi connectivity index (χ3v) is 13.9. The average molecular weight is 896 g/mol. The summed E-state index contributed by atoms with van der Waals surface area (Å²) < 4.78 is 18.6. The molecule has 0 spiro atoms. The molecule has 0 amide bonds. The van der Waals surface area contributed by atoms with E-state index in [4.69, 9.17) is 13.3 Å². The number of benzene rings is 11. The van der Waals surface area contributed by atoms with Gasteiger partial charge >= 0.3 is 0 Å². The van der Waals surface area contributed by atoms with Gasteiger partial charge < -0.3 is 18.2 Å². The van der Waals surface area contributed by atoms with Crippen LogP contribution in [0.2, 0.25) is 0 Å². The van der Waals surface area contributed by atoms with E-state index in [1.54, 1.807) is 0 Å². The molecule has 328 valence electrons. The summed E-state index contributed by atoms with van der Waals surface area (Å²) in [6.07, 6.45) is 0. The number of hydrogen-bond acceptors (Lipinski definition) is 4. The second kappa shape index (κ2) is 16.2. The van der Waals surface area contributed by atoms with E-state index in [0.29, 0.717) is 0 Å². The van der Waals surface area contributed by atoms with E-state index in [1.807, 2.05) is 36.4 Å². The Balaban J connectivity index is 0.781. The minimum atomic E-state index is 0.897. The molecule has 0 aliphatic rings. The molecule has 0 aliphatic heterocycles. The van der Waals surface area contributed by atoms with Gasteiger partial charge in [0.2, 0.25) is 0 Å². The first kappa shape index (κ1) is 39.8. The highest BCUT2D eigenvalue weighted by atomic mass is 16.3. The molecule has 0 saturated carbocycles. The van der Waals surface area contributed by atoms with E-state index < -0.39 is 0 Å². The first-order valence-corrected chi connectivity index (χ1v) is 23.7. The van der Waals surface area contributed by atoms with Gasteiger partial charge in [-0.05, 0) is 129 Å². The molecule has 0 radical (unpaired) electrons. The second-order valence-corrected chi connectivity index (χ2v) is 18.0. The Morgan fingerprint density at radius 1 is 0.214 bits per heavy atom. The highest BCUT2D eigenvalue weighted by Crippen LogP contribution is 2.41. The standard InChI is InChI=1S/C66H41NO3/c1-6-15-63-55(8-1)58-12-7-11-54(66(58)70-63)48-28-36-53(37-29-48)67(51-32-24-44(25-33-51)42-16-20-46(21-17-42)49-30-38-64-59(40-49)56-9-2-4-13-61(56)68-64)52-34-26-45(27-35-52)43-18-22-47(23-19-43)50-31-39-65-60(41-50)57-10-3-5-14-62(57)69-65/h1-41H. The van der Waals surface area contributed by atoms with Crippen molar-refractivity contribution < 1.29 is 13.3 Å². The Morgan fingerprint density at radius 2 is 0.529 bits per heavy atom. The maximum Gasteiger partial charge on any atom is 0.143 e. The molecule has 11 aromatic carbocycles. The number of para-hydroxylation sites is 4. The van der Waals surface area contributed by atoms with Crippen LogP contribution >= 0.6 is 0 Å². The minimum Gasteiger partial charge on any atom is -0.456 e. The Labute approximate surface area is 403 Å². The van der Waals surface area contributed by atoms with Crippen LogP contribution in [0.5, 0.6) is 0 Å². The molecule has 14 rings (SSSR count). The third-order valence-electron chi connectivity index (χ3n) is 13.9. The van der Waals surface area contributed by atoms with Crippen LogP contribution < -0.4 is 4.90 Å². The summed E-state index contributed by atoms with van der Waals surface area (Å²) in [5.74, 6) is 0. The molecule has 0 aliphatic carbocycles. The minimum absolute atomic E-state index is 0.897. The van der Waals surface area contributed by atoms with Gasteiger partial charge in [0.25, 0.3) is 0 Å². The van der Waals surface area contributed by atoms with Crippen LogP contribution in [-0.4, -0.2) is 0 Å². The molecular weight excluding hydrogens is 855 g/mol. The lowest BCUT2D eigenvalue weighted by atomic mass is 9.98. The van der Waals surface area contributed by atoms with Crippen LogP contribution in [0.3, 0.4) is 0 Å². The van der Waals surface area contributed by atoms with Crippen molar-refractivity contribution in [2.24, 2.45) is 0 Å². The summed E-state index contributed by atoms with van der Waals surface area (Å²) in [6.45, 7) is 0. The Morgan fingerprint density at radius 3 is 0.971 bits per heavy atom. The first-order chi connectivity index (χ1) is 34.6. The highest BCUT2D eigenvalue weighted by Gasteiger charge is 2.17. The first-order valence-electron chi connectivity index (χ1n) is 23.7. The van der Waals surface area contributed by atoms with E-state index in [2.05, 4.69) is 217 Å². The van der Waals surface area contributed by atoms with Crippen molar-refractivity contribution >= 4 is 82.9 Å².